The van der Waals surface area contributed by atoms with Gasteiger partial charge >= 0.3 is 0 Å². The number of nitrogens with zero attached hydrogens (tertiary/aromatic N) is 1. The van der Waals surface area contributed by atoms with Crippen LogP contribution in [0.25, 0.3) is 0 Å². The number of rotatable bonds is 2. The Labute approximate surface area is 122 Å². The number of phenolic OH excluding ortho intramolecular Hbond substituents is 1. The molecule has 1 atom stereocenters. The molecule has 0 spiro atoms. The number of phenols is 1. The van der Waals surface area contributed by atoms with E-state index >= 15 is 0 Å². The number of para-hydroxylation sites is 2. The summed E-state index contributed by atoms with van der Waals surface area (Å²) in [6.45, 7) is 1.78. The van der Waals surface area contributed by atoms with Gasteiger partial charge in [0.2, 0.25) is 5.91 Å². The summed E-state index contributed by atoms with van der Waals surface area (Å²) in [6.07, 6.45) is -0.740. The van der Waals surface area contributed by atoms with Crippen molar-refractivity contribution in [2.45, 2.75) is 13.0 Å². The quantitative estimate of drug-likeness (QED) is 0.792. The van der Waals surface area contributed by atoms with Crippen LogP contribution in [-0.2, 0) is 4.79 Å². The van der Waals surface area contributed by atoms with E-state index in [0.29, 0.717) is 11.3 Å². The van der Waals surface area contributed by atoms with Gasteiger partial charge in [-0.15, -0.1) is 0 Å². The lowest BCUT2D eigenvalue weighted by Crippen LogP contribution is -2.34. The number of benzene rings is 2. The second kappa shape index (κ2) is 5.10. The lowest BCUT2D eigenvalue weighted by molar-refractivity contribution is -0.115. The maximum Gasteiger partial charge on any atom is 0.244 e. The molecule has 0 aromatic heterocycles. The fourth-order valence-corrected chi connectivity index (χ4v) is 2.52. The molecule has 1 amide bonds. The van der Waals surface area contributed by atoms with Crippen LogP contribution in [-0.4, -0.2) is 22.7 Å². The average Bonchev–Trinajstić information content (AvgIpc) is 2.45. The molecule has 1 aliphatic rings. The molecule has 0 fully saturated rings. The van der Waals surface area contributed by atoms with Crippen LogP contribution in [0.1, 0.15) is 18.6 Å². The minimum Gasteiger partial charge on any atom is -0.507 e. The number of anilines is 3. The third kappa shape index (κ3) is 2.43. The van der Waals surface area contributed by atoms with Gasteiger partial charge in [0.25, 0.3) is 0 Å². The summed E-state index contributed by atoms with van der Waals surface area (Å²) < 4.78 is 0. The molecule has 0 aliphatic carbocycles. The van der Waals surface area contributed by atoms with Crippen molar-refractivity contribution in [1.82, 2.24) is 0 Å². The summed E-state index contributed by atoms with van der Waals surface area (Å²) in [6, 6.07) is 12.5. The van der Waals surface area contributed by atoms with Gasteiger partial charge in [-0.3, -0.25) is 4.79 Å². The Balaban J connectivity index is 2.05. The van der Waals surface area contributed by atoms with E-state index in [1.165, 1.54) is 0 Å². The molecule has 1 heterocycles. The summed E-state index contributed by atoms with van der Waals surface area (Å²) >= 11 is 0. The van der Waals surface area contributed by atoms with Crippen LogP contribution < -0.4 is 10.2 Å². The van der Waals surface area contributed by atoms with Crippen LogP contribution in [0.15, 0.2) is 42.5 Å². The number of aromatic hydroxyl groups is 1. The van der Waals surface area contributed by atoms with Crippen molar-refractivity contribution in [2.24, 2.45) is 0 Å². The van der Waals surface area contributed by atoms with E-state index in [-0.39, 0.29) is 18.2 Å². The second-order valence-electron chi connectivity index (χ2n) is 5.07. The van der Waals surface area contributed by atoms with E-state index in [9.17, 15) is 15.0 Å². The van der Waals surface area contributed by atoms with Crippen LogP contribution in [0, 0.1) is 0 Å². The monoisotopic (exact) mass is 284 g/mol. The van der Waals surface area contributed by atoms with E-state index in [4.69, 9.17) is 0 Å². The predicted octanol–water partition coefficient (Wildman–Crippen LogP) is 2.54. The molecule has 2 aromatic carbocycles. The Morgan fingerprint density at radius 1 is 1.24 bits per heavy atom. The maximum absolute atomic E-state index is 11.8. The topological polar surface area (TPSA) is 72.8 Å². The SMILES string of the molecule is CC(O)c1ccc(N2CC(=O)Nc3ccccc32)cc1O. The third-order valence-corrected chi connectivity index (χ3v) is 3.55. The number of carbonyl (C=O) groups excluding carboxylic acids is 1. The van der Waals surface area contributed by atoms with Crippen molar-refractivity contribution in [2.75, 3.05) is 16.8 Å². The number of aliphatic hydroxyl groups is 1. The molecule has 1 unspecified atom stereocenters. The highest BCUT2D eigenvalue weighted by atomic mass is 16.3. The van der Waals surface area contributed by atoms with Crippen LogP contribution in [0.5, 0.6) is 5.75 Å². The highest BCUT2D eigenvalue weighted by molar-refractivity contribution is 6.03. The van der Waals surface area contributed by atoms with Crippen LogP contribution >= 0.6 is 0 Å². The molecule has 3 rings (SSSR count). The van der Waals surface area contributed by atoms with Gasteiger partial charge in [0, 0.05) is 17.3 Å². The van der Waals surface area contributed by atoms with Crippen LogP contribution in [0.3, 0.4) is 0 Å². The van der Waals surface area contributed by atoms with E-state index in [2.05, 4.69) is 5.32 Å². The Hall–Kier alpha value is -2.53. The van der Waals surface area contributed by atoms with Crippen molar-refractivity contribution >= 4 is 23.0 Å². The van der Waals surface area contributed by atoms with E-state index in [1.807, 2.05) is 29.2 Å². The summed E-state index contributed by atoms with van der Waals surface area (Å²) in [4.78, 5) is 13.6. The van der Waals surface area contributed by atoms with Crippen molar-refractivity contribution in [3.63, 3.8) is 0 Å². The van der Waals surface area contributed by atoms with Gasteiger partial charge in [-0.05, 0) is 25.1 Å². The molecule has 5 nitrogen and oxygen atoms in total. The first-order chi connectivity index (χ1) is 10.1. The number of aliphatic hydroxyl groups excluding tert-OH is 1. The van der Waals surface area contributed by atoms with Gasteiger partial charge in [-0.1, -0.05) is 18.2 Å². The van der Waals surface area contributed by atoms with E-state index in [1.54, 1.807) is 25.1 Å². The van der Waals surface area contributed by atoms with Gasteiger partial charge in [0.15, 0.2) is 0 Å². The van der Waals surface area contributed by atoms with Crippen molar-refractivity contribution in [3.05, 3.63) is 48.0 Å². The van der Waals surface area contributed by atoms with Gasteiger partial charge in [0.05, 0.1) is 17.5 Å². The van der Waals surface area contributed by atoms with Crippen LogP contribution in [0.2, 0.25) is 0 Å². The van der Waals surface area contributed by atoms with Gasteiger partial charge < -0.3 is 20.4 Å². The molecule has 5 heteroatoms. The molecule has 2 aromatic rings. The zero-order valence-corrected chi connectivity index (χ0v) is 11.6. The summed E-state index contributed by atoms with van der Waals surface area (Å²) in [7, 11) is 0. The average molecular weight is 284 g/mol. The Morgan fingerprint density at radius 3 is 2.71 bits per heavy atom. The van der Waals surface area contributed by atoms with Crippen molar-refractivity contribution in [1.29, 1.82) is 0 Å². The first kappa shape index (κ1) is 13.5. The Kier molecular flexibility index (Phi) is 3.27. The van der Waals surface area contributed by atoms with Gasteiger partial charge in [0.1, 0.15) is 12.3 Å². The first-order valence-corrected chi connectivity index (χ1v) is 6.73. The fourth-order valence-electron chi connectivity index (χ4n) is 2.52. The lowest BCUT2D eigenvalue weighted by Gasteiger charge is -2.31. The van der Waals surface area contributed by atoms with Crippen LogP contribution in [0.4, 0.5) is 17.1 Å². The summed E-state index contributed by atoms with van der Waals surface area (Å²) in [5.41, 5.74) is 2.79. The number of amides is 1. The predicted molar refractivity (Wildman–Crippen MR) is 80.8 cm³/mol. The highest BCUT2D eigenvalue weighted by Gasteiger charge is 2.23. The number of nitrogens with one attached hydrogen (secondary N) is 1. The minimum absolute atomic E-state index is 0.0194. The number of hydrogen-bond acceptors (Lipinski definition) is 4. The number of fused-ring (bicyclic) bond motifs is 1. The first-order valence-electron chi connectivity index (χ1n) is 6.73. The molecule has 0 saturated carbocycles. The minimum atomic E-state index is -0.740. The largest absolute Gasteiger partial charge is 0.507 e. The standard InChI is InChI=1S/C16H16N2O3/c1-10(19)12-7-6-11(8-15(12)20)18-9-16(21)17-13-4-2-3-5-14(13)18/h2-8,10,19-20H,9H2,1H3,(H,17,21). The zero-order valence-electron chi connectivity index (χ0n) is 11.6. The maximum atomic E-state index is 11.8. The third-order valence-electron chi connectivity index (χ3n) is 3.55. The molecule has 1 aliphatic heterocycles. The van der Waals surface area contributed by atoms with E-state index in [0.717, 1.165) is 11.4 Å². The van der Waals surface area contributed by atoms with Gasteiger partial charge in [-0.2, -0.15) is 0 Å². The Bertz CT molecular complexity index is 698. The smallest absolute Gasteiger partial charge is 0.244 e. The zero-order chi connectivity index (χ0) is 15.0. The van der Waals surface area contributed by atoms with Crippen molar-refractivity contribution < 1.29 is 15.0 Å². The normalized spacial score (nSPS) is 15.3. The molecule has 0 bridgehead atoms. The molecular formula is C16H16N2O3. The lowest BCUT2D eigenvalue weighted by atomic mass is 10.1. The molecule has 21 heavy (non-hydrogen) atoms. The number of hydrogen-bond donors (Lipinski definition) is 3. The second-order valence-corrected chi connectivity index (χ2v) is 5.07. The molecule has 108 valence electrons. The summed E-state index contributed by atoms with van der Waals surface area (Å²) in [5, 5.41) is 22.4. The highest BCUT2D eigenvalue weighted by Crippen LogP contribution is 2.37. The molecule has 3 N–H and O–H groups in total. The molecule has 0 saturated heterocycles. The van der Waals surface area contributed by atoms with Gasteiger partial charge in [-0.25, -0.2) is 0 Å². The number of carbonyl (C=O) groups is 1. The Morgan fingerprint density at radius 2 is 2.00 bits per heavy atom. The van der Waals surface area contributed by atoms with E-state index < -0.39 is 6.10 Å². The summed E-state index contributed by atoms with van der Waals surface area (Å²) in [5.74, 6) is -0.0845. The molecular weight excluding hydrogens is 268 g/mol. The van der Waals surface area contributed by atoms with Crippen molar-refractivity contribution in [3.8, 4) is 5.75 Å². The fraction of sp³-hybridized carbons (Fsp3) is 0.188. The molecule has 0 radical (unpaired) electrons.